The van der Waals surface area contributed by atoms with E-state index < -0.39 is 20.8 Å². The van der Waals surface area contributed by atoms with E-state index in [9.17, 15) is 16.8 Å². The Labute approximate surface area is 320 Å². The lowest BCUT2D eigenvalue weighted by Gasteiger charge is -2.33. The van der Waals surface area contributed by atoms with Crippen molar-refractivity contribution in [2.75, 3.05) is 89.7 Å². The number of fused-ring (bicyclic) bond motifs is 2. The Morgan fingerprint density at radius 3 is 2.52 bits per heavy atom. The van der Waals surface area contributed by atoms with Crippen LogP contribution >= 0.6 is 11.3 Å². The molecule has 5 heterocycles. The molecule has 2 fully saturated rings. The molecule has 2 aliphatic heterocycles. The van der Waals surface area contributed by atoms with Crippen LogP contribution in [0, 0.1) is 6.92 Å². The summed E-state index contributed by atoms with van der Waals surface area (Å²) in [5.74, 6) is 1.90. The molecule has 0 radical (unpaired) electrons. The maximum absolute atomic E-state index is 12.5. The number of hydrogen-bond donors (Lipinski definition) is 1. The third kappa shape index (κ3) is 9.03. The fourth-order valence-electron chi connectivity index (χ4n) is 6.72. The summed E-state index contributed by atoms with van der Waals surface area (Å²) < 4.78 is 72.7. The van der Waals surface area contributed by atoms with Crippen LogP contribution in [0.15, 0.2) is 53.6 Å². The van der Waals surface area contributed by atoms with Crippen molar-refractivity contribution in [2.24, 2.45) is 0 Å². The highest BCUT2D eigenvalue weighted by atomic mass is 32.2. The monoisotopic (exact) mass is 799 g/mol. The molecule has 0 spiro atoms. The van der Waals surface area contributed by atoms with Gasteiger partial charge in [0.2, 0.25) is 0 Å². The Balaban J connectivity index is 1.04. The van der Waals surface area contributed by atoms with Crippen LogP contribution < -0.4 is 9.64 Å². The first-order valence-corrected chi connectivity index (χ1v) is 21.6. The molecule has 3 aromatic heterocycles. The molecule has 2 saturated heterocycles. The Hall–Kier alpha value is -3.75. The average molecular weight is 800 g/mol. The number of thiophene rings is 1. The van der Waals surface area contributed by atoms with Crippen LogP contribution in [-0.4, -0.2) is 131 Å². The standard InChI is InChI=1S/C36H45N7O8S3/c1-3-51-54(46,47)33-8-7-26(2)21-32(33)50-20-19-49-18-15-43-31-6-4-5-28(29(31)23-37-43)35-38-30-22-27(24-40-9-11-41(12-10-40)25-53(44)45)52-34(30)36(39-35)42-13-16-48-17-14-42/h4-8,21-23,53H,3,9-20,24-25H2,1-2H3. The molecule has 54 heavy (non-hydrogen) atoms. The van der Waals surface area contributed by atoms with Gasteiger partial charge in [-0.25, -0.2) is 18.4 Å². The molecule has 0 amide bonds. The van der Waals surface area contributed by atoms with Crippen LogP contribution in [0.2, 0.25) is 0 Å². The quantitative estimate of drug-likeness (QED) is 0.0880. The molecule has 18 heteroatoms. The Kier molecular flexibility index (Phi) is 12.4. The summed E-state index contributed by atoms with van der Waals surface area (Å²) >= 11 is 1.72. The molecule has 0 saturated carbocycles. The normalized spacial score (nSPS) is 16.2. The van der Waals surface area contributed by atoms with E-state index in [4.69, 9.17) is 28.4 Å². The maximum Gasteiger partial charge on any atom is 0.300 e. The zero-order valence-corrected chi connectivity index (χ0v) is 32.9. The predicted octanol–water partition coefficient (Wildman–Crippen LogP) is 3.36. The zero-order chi connectivity index (χ0) is 37.7. The topological polar surface area (TPSA) is 159 Å². The van der Waals surface area contributed by atoms with Gasteiger partial charge in [-0.1, -0.05) is 18.2 Å². The zero-order valence-electron chi connectivity index (χ0n) is 30.4. The van der Waals surface area contributed by atoms with Gasteiger partial charge in [-0.05, 0) is 43.7 Å². The number of benzene rings is 2. The van der Waals surface area contributed by atoms with Crippen LogP contribution in [0.3, 0.4) is 0 Å². The second-order valence-electron chi connectivity index (χ2n) is 13.1. The summed E-state index contributed by atoms with van der Waals surface area (Å²) in [4.78, 5) is 18.1. The highest BCUT2D eigenvalue weighted by molar-refractivity contribution is 7.86. The largest absolute Gasteiger partial charge is 0.490 e. The van der Waals surface area contributed by atoms with Crippen molar-refractivity contribution >= 4 is 59.1 Å². The molecule has 0 atom stereocenters. The molecule has 0 aliphatic carbocycles. The number of aryl methyl sites for hydroxylation is 1. The van der Waals surface area contributed by atoms with Gasteiger partial charge in [-0.15, -0.1) is 11.3 Å². The van der Waals surface area contributed by atoms with Gasteiger partial charge < -0.3 is 19.1 Å². The Morgan fingerprint density at radius 1 is 0.944 bits per heavy atom. The van der Waals surface area contributed by atoms with Crippen molar-refractivity contribution in [3.05, 3.63) is 59.1 Å². The van der Waals surface area contributed by atoms with Gasteiger partial charge in [0.05, 0.1) is 67.4 Å². The highest BCUT2D eigenvalue weighted by Crippen LogP contribution is 2.37. The fourth-order valence-corrected chi connectivity index (χ4v) is 9.52. The molecule has 290 valence electrons. The van der Waals surface area contributed by atoms with Gasteiger partial charge >= 0.3 is 10.1 Å². The van der Waals surface area contributed by atoms with Crippen molar-refractivity contribution < 1.29 is 35.2 Å². The van der Waals surface area contributed by atoms with Crippen molar-refractivity contribution in [2.45, 2.75) is 31.8 Å². The van der Waals surface area contributed by atoms with Gasteiger partial charge in [-0.3, -0.25) is 18.7 Å². The first-order valence-electron chi connectivity index (χ1n) is 18.0. The first kappa shape index (κ1) is 38.5. The number of rotatable bonds is 16. The molecule has 2 aromatic carbocycles. The van der Waals surface area contributed by atoms with Crippen molar-refractivity contribution in [3.8, 4) is 17.1 Å². The number of morpholine rings is 1. The molecule has 7 rings (SSSR count). The minimum absolute atomic E-state index is 0.00208. The second kappa shape index (κ2) is 17.4. The van der Waals surface area contributed by atoms with E-state index in [2.05, 4.69) is 21.0 Å². The van der Waals surface area contributed by atoms with E-state index in [1.807, 2.05) is 40.9 Å². The van der Waals surface area contributed by atoms with Gasteiger partial charge in [0, 0.05) is 61.6 Å². The summed E-state index contributed by atoms with van der Waals surface area (Å²) in [6.45, 7) is 11.4. The number of aromatic nitrogens is 4. The maximum atomic E-state index is 12.5. The second-order valence-corrected chi connectivity index (χ2v) is 16.8. The Morgan fingerprint density at radius 2 is 1.74 bits per heavy atom. The van der Waals surface area contributed by atoms with Crippen LogP contribution in [-0.2, 0) is 47.6 Å². The smallest absolute Gasteiger partial charge is 0.300 e. The molecule has 0 N–H and O–H groups in total. The number of hydrogen-bond acceptors (Lipinski definition) is 15. The molecule has 5 aromatic rings. The summed E-state index contributed by atoms with van der Waals surface area (Å²) in [6.07, 6.45) is 1.84. The highest BCUT2D eigenvalue weighted by Gasteiger charge is 2.24. The molecular formula is C36H45N7O8S3. The lowest BCUT2D eigenvalue weighted by atomic mass is 10.1. The lowest BCUT2D eigenvalue weighted by Crippen LogP contribution is -2.46. The molecular weight excluding hydrogens is 755 g/mol. The summed E-state index contributed by atoms with van der Waals surface area (Å²) in [6, 6.07) is 13.1. The third-order valence-corrected chi connectivity index (χ3v) is 12.5. The predicted molar refractivity (Wildman–Crippen MR) is 208 cm³/mol. The van der Waals surface area contributed by atoms with E-state index >= 15 is 0 Å². The molecule has 0 bridgehead atoms. The minimum atomic E-state index is -3.92. The van der Waals surface area contributed by atoms with E-state index in [-0.39, 0.29) is 36.3 Å². The van der Waals surface area contributed by atoms with Crippen LogP contribution in [0.5, 0.6) is 5.75 Å². The van der Waals surface area contributed by atoms with Gasteiger partial charge in [0.1, 0.15) is 17.3 Å². The fraction of sp³-hybridized carbons (Fsp3) is 0.472. The number of anilines is 1. The molecule has 0 unspecified atom stereocenters. The van der Waals surface area contributed by atoms with Crippen LogP contribution in [0.25, 0.3) is 32.5 Å². The minimum Gasteiger partial charge on any atom is -0.490 e. The van der Waals surface area contributed by atoms with Gasteiger partial charge in [-0.2, -0.15) is 13.5 Å². The van der Waals surface area contributed by atoms with Crippen molar-refractivity contribution in [3.63, 3.8) is 0 Å². The molecule has 15 nitrogen and oxygen atoms in total. The number of piperazine rings is 1. The Bertz CT molecular complexity index is 2250. The van der Waals surface area contributed by atoms with Crippen LogP contribution in [0.1, 0.15) is 17.4 Å². The SMILES string of the molecule is CCOS(=O)(=O)c1ccc(C)cc1OCCOCCn1ncc2c(-c3nc(N4CCOCC4)c4sc(CN5CCN(C[SH](=O)=O)CC5)cc4n3)cccc21. The lowest BCUT2D eigenvalue weighted by molar-refractivity contribution is 0.0922. The summed E-state index contributed by atoms with van der Waals surface area (Å²) in [5, 5.41) is 5.61. The van der Waals surface area contributed by atoms with Crippen molar-refractivity contribution in [1.82, 2.24) is 29.5 Å². The number of thiol groups is 1. The molecule has 2 aliphatic rings. The first-order chi connectivity index (χ1) is 26.2. The van der Waals surface area contributed by atoms with E-state index in [0.717, 1.165) is 83.9 Å². The van der Waals surface area contributed by atoms with E-state index in [1.165, 1.54) is 10.9 Å². The van der Waals surface area contributed by atoms with E-state index in [0.29, 0.717) is 32.2 Å². The van der Waals surface area contributed by atoms with Crippen molar-refractivity contribution in [1.29, 1.82) is 0 Å². The summed E-state index contributed by atoms with van der Waals surface area (Å²) in [7, 11) is -6.33. The average Bonchev–Trinajstić information content (AvgIpc) is 3.77. The van der Waals surface area contributed by atoms with Gasteiger partial charge in [0.25, 0.3) is 0 Å². The van der Waals surface area contributed by atoms with Crippen LogP contribution in [0.4, 0.5) is 5.82 Å². The van der Waals surface area contributed by atoms with E-state index in [1.54, 1.807) is 30.4 Å². The number of ether oxygens (including phenoxy) is 3. The van der Waals surface area contributed by atoms with Gasteiger partial charge in [0.15, 0.2) is 22.3 Å². The number of nitrogens with zero attached hydrogens (tertiary/aromatic N) is 7. The third-order valence-electron chi connectivity index (χ3n) is 9.38. The summed E-state index contributed by atoms with van der Waals surface area (Å²) in [5.41, 5.74) is 3.59.